The van der Waals surface area contributed by atoms with Crippen LogP contribution in [0.3, 0.4) is 0 Å². The fourth-order valence-electron chi connectivity index (χ4n) is 3.29. The summed E-state index contributed by atoms with van der Waals surface area (Å²) in [4.78, 5) is 37.1. The molecule has 11 nitrogen and oxygen atoms in total. The van der Waals surface area contributed by atoms with Crippen LogP contribution in [0.2, 0.25) is 5.02 Å². The maximum atomic E-state index is 14.1. The molecular weight excluding hydrogens is 577 g/mol. The average Bonchev–Trinajstić information content (AvgIpc) is 3.49. The number of halogens is 2. The van der Waals surface area contributed by atoms with Crippen molar-refractivity contribution in [3.63, 3.8) is 0 Å². The van der Waals surface area contributed by atoms with E-state index in [1.165, 1.54) is 23.5 Å². The summed E-state index contributed by atoms with van der Waals surface area (Å²) in [6, 6.07) is 10.4. The highest BCUT2D eigenvalue weighted by atomic mass is 35.5. The molecule has 1 aliphatic rings. The lowest BCUT2D eigenvalue weighted by atomic mass is 10.0. The number of ether oxygens (including phenoxy) is 2. The van der Waals surface area contributed by atoms with E-state index >= 15 is 0 Å². The van der Waals surface area contributed by atoms with Crippen LogP contribution < -0.4 is 16.4 Å². The number of hydrogen-bond acceptors (Lipinski definition) is 9. The third-order valence-corrected chi connectivity index (χ3v) is 7.09. The van der Waals surface area contributed by atoms with Crippen LogP contribution in [0.4, 0.5) is 14.9 Å². The Kier molecular flexibility index (Phi) is 9.42. The summed E-state index contributed by atoms with van der Waals surface area (Å²) in [6.45, 7) is 0.949. The van der Waals surface area contributed by atoms with Gasteiger partial charge < -0.3 is 20.9 Å². The van der Waals surface area contributed by atoms with Crippen molar-refractivity contribution in [2.24, 2.45) is 11.5 Å². The van der Waals surface area contributed by atoms with Crippen molar-refractivity contribution in [3.8, 4) is 0 Å². The monoisotopic (exact) mass is 597 g/mol. The first-order chi connectivity index (χ1) is 18.3. The highest BCUT2D eigenvalue weighted by Crippen LogP contribution is 2.43. The van der Waals surface area contributed by atoms with E-state index in [0.717, 1.165) is 17.7 Å². The lowest BCUT2D eigenvalue weighted by Crippen LogP contribution is -2.38. The number of aryl methyl sites for hydroxylation is 1. The Hall–Kier alpha value is -3.82. The number of nitrogens with two attached hydrogens (primary N) is 2. The molecule has 0 unspecified atom stereocenters. The highest BCUT2D eigenvalue weighted by Gasteiger charge is 2.40. The molecule has 0 fully saturated rings. The lowest BCUT2D eigenvalue weighted by molar-refractivity contribution is -0.149. The number of thiophene rings is 1. The first-order valence-corrected chi connectivity index (χ1v) is 13.5. The molecule has 15 heteroatoms. The van der Waals surface area contributed by atoms with Crippen molar-refractivity contribution in [1.82, 2.24) is 0 Å². The molecule has 4 rings (SSSR count). The van der Waals surface area contributed by atoms with Gasteiger partial charge in [0.05, 0.1) is 32.6 Å². The Bertz CT molecular complexity index is 1540. The van der Waals surface area contributed by atoms with Gasteiger partial charge in [-0.25, -0.2) is 14.1 Å². The Morgan fingerprint density at radius 1 is 1.15 bits per heavy atom. The van der Waals surface area contributed by atoms with Gasteiger partial charge in [-0.3, -0.25) is 14.1 Å². The Morgan fingerprint density at radius 2 is 1.82 bits per heavy atom. The van der Waals surface area contributed by atoms with Crippen LogP contribution in [-0.2, 0) is 29.2 Å². The number of rotatable bonds is 6. The number of esters is 1. The lowest BCUT2D eigenvalue weighted by Gasteiger charge is -2.13. The number of fused-ring (bicyclic) bond motifs is 1. The number of carbonyl (C=O) groups excluding carboxylic acids is 3. The van der Waals surface area contributed by atoms with E-state index in [1.54, 1.807) is 29.6 Å². The maximum Gasteiger partial charge on any atom is 0.326 e. The van der Waals surface area contributed by atoms with Gasteiger partial charge in [0.15, 0.2) is 5.76 Å². The summed E-state index contributed by atoms with van der Waals surface area (Å²) in [7, 11) is -4.02. The van der Waals surface area contributed by atoms with Crippen LogP contribution in [0, 0.1) is 12.7 Å². The number of nitrogens with zero attached hydrogens (tertiary/aromatic N) is 1. The molecule has 0 bridgehead atoms. The zero-order chi connectivity index (χ0) is 28.9. The van der Waals surface area contributed by atoms with Crippen LogP contribution in [0.5, 0.6) is 0 Å². The van der Waals surface area contributed by atoms with Gasteiger partial charge in [-0.05, 0) is 42.6 Å². The fraction of sp³-hybridized carbons (Fsp3) is 0.125. The molecule has 0 radical (unpaired) electrons. The quantitative estimate of drug-likeness (QED) is 0.126. The van der Waals surface area contributed by atoms with Crippen molar-refractivity contribution in [3.05, 3.63) is 80.8 Å². The van der Waals surface area contributed by atoms with Crippen LogP contribution in [0.1, 0.15) is 16.0 Å². The molecule has 39 heavy (non-hydrogen) atoms. The Balaban J connectivity index is 0.000000320. The molecule has 1 aliphatic heterocycles. The zero-order valence-corrected chi connectivity index (χ0v) is 22.5. The van der Waals surface area contributed by atoms with Gasteiger partial charge in [0, 0.05) is 5.56 Å². The molecule has 3 amide bonds. The Morgan fingerprint density at radius 3 is 2.36 bits per heavy atom. The molecule has 0 aliphatic carbocycles. The molecule has 3 aromatic rings. The molecule has 5 N–H and O–H groups in total. The van der Waals surface area contributed by atoms with E-state index in [9.17, 15) is 27.2 Å². The third kappa shape index (κ3) is 6.99. The van der Waals surface area contributed by atoms with Crippen LogP contribution in [-0.4, -0.2) is 44.2 Å². The molecule has 0 saturated carbocycles. The predicted octanol–water partition coefficient (Wildman–Crippen LogP) is 3.55. The summed E-state index contributed by atoms with van der Waals surface area (Å²) in [5, 5.41) is 1.44. The summed E-state index contributed by atoms with van der Waals surface area (Å²) >= 11 is 7.01. The molecule has 0 atom stereocenters. The van der Waals surface area contributed by atoms with Gasteiger partial charge in [-0.15, -0.1) is 11.3 Å². The van der Waals surface area contributed by atoms with Gasteiger partial charge in [0.2, 0.25) is 6.79 Å². The van der Waals surface area contributed by atoms with Crippen molar-refractivity contribution >= 4 is 68.0 Å². The maximum absolute atomic E-state index is 14.1. The standard InChI is InChI=1S/C17H13ClFN3O5S.C7H8O3S/c18-9-5-11-8(4-10(9)19)14(16(24)22(11)17(21)25)15(12-2-1-3-28-12)27-7-26-13(23)6-20;1-6-2-4-7(5-3-6)11(8,9)10/h1-5H,6-7,20H2,(H2,21,25);2-5H,1H3,(H,8,9,10)/b15-14+;. The zero-order valence-electron chi connectivity index (χ0n) is 20.1. The number of benzene rings is 2. The second-order valence-electron chi connectivity index (χ2n) is 7.71. The van der Waals surface area contributed by atoms with Gasteiger partial charge in [-0.1, -0.05) is 35.4 Å². The SMILES string of the molecule is Cc1ccc(S(=O)(=O)O)cc1.NCC(=O)OCO/C(=C1/C(=O)N(C(N)=O)c2cc(Cl)c(F)cc21)c1cccs1. The summed E-state index contributed by atoms with van der Waals surface area (Å²) in [5.41, 5.74) is 11.4. The van der Waals surface area contributed by atoms with Gasteiger partial charge in [0.25, 0.3) is 16.0 Å². The number of primary amides is 1. The number of imide groups is 1. The predicted molar refractivity (Wildman–Crippen MR) is 142 cm³/mol. The van der Waals surface area contributed by atoms with Crippen LogP contribution >= 0.6 is 22.9 Å². The number of carbonyl (C=O) groups is 3. The first kappa shape index (κ1) is 29.7. The minimum Gasteiger partial charge on any atom is -0.455 e. The van der Waals surface area contributed by atoms with Crippen molar-refractivity contribution < 1.29 is 41.2 Å². The molecule has 1 aromatic heterocycles. The van der Waals surface area contributed by atoms with E-state index < -0.39 is 40.6 Å². The number of urea groups is 1. The largest absolute Gasteiger partial charge is 0.455 e. The summed E-state index contributed by atoms with van der Waals surface area (Å²) in [5.74, 6) is -2.34. The topological polar surface area (TPSA) is 179 Å². The van der Waals surface area contributed by atoms with E-state index in [4.69, 9.17) is 37.1 Å². The highest BCUT2D eigenvalue weighted by molar-refractivity contribution is 7.85. The van der Waals surface area contributed by atoms with Gasteiger partial charge >= 0.3 is 12.0 Å². The smallest absolute Gasteiger partial charge is 0.326 e. The molecule has 2 heterocycles. The van der Waals surface area contributed by atoms with E-state index in [2.05, 4.69) is 0 Å². The van der Waals surface area contributed by atoms with E-state index in [-0.39, 0.29) is 39.0 Å². The molecule has 2 aromatic carbocycles. The summed E-state index contributed by atoms with van der Waals surface area (Å²) in [6.07, 6.45) is 0. The average molecular weight is 598 g/mol. The second kappa shape index (κ2) is 12.4. The van der Waals surface area contributed by atoms with Gasteiger partial charge in [-0.2, -0.15) is 8.42 Å². The Labute approximate surface area is 231 Å². The normalized spacial score (nSPS) is 13.8. The molecule has 0 saturated heterocycles. The van der Waals surface area contributed by atoms with E-state index in [0.29, 0.717) is 9.78 Å². The van der Waals surface area contributed by atoms with Crippen molar-refractivity contribution in [2.75, 3.05) is 18.2 Å². The minimum atomic E-state index is -4.02. The molecule has 206 valence electrons. The van der Waals surface area contributed by atoms with Crippen LogP contribution in [0.25, 0.3) is 11.3 Å². The molecule has 0 spiro atoms. The number of hydrogen-bond donors (Lipinski definition) is 3. The van der Waals surface area contributed by atoms with Crippen LogP contribution in [0.15, 0.2) is 58.8 Å². The summed E-state index contributed by atoms with van der Waals surface area (Å²) < 4.78 is 53.9. The van der Waals surface area contributed by atoms with E-state index in [1.807, 2.05) is 6.92 Å². The molecular formula is C24H21ClFN3O8S2. The van der Waals surface area contributed by atoms with Crippen molar-refractivity contribution in [2.45, 2.75) is 11.8 Å². The third-order valence-electron chi connectivity index (χ3n) is 5.07. The fourth-order valence-corrected chi connectivity index (χ4v) is 4.66. The second-order valence-corrected chi connectivity index (χ2v) is 10.5. The number of anilines is 1. The van der Waals surface area contributed by atoms with Gasteiger partial charge in [0.1, 0.15) is 5.82 Å². The van der Waals surface area contributed by atoms with Crippen molar-refractivity contribution in [1.29, 1.82) is 0 Å². The minimum absolute atomic E-state index is 0.00320. The first-order valence-electron chi connectivity index (χ1n) is 10.8. The number of amides is 3.